The van der Waals surface area contributed by atoms with Crippen molar-refractivity contribution >= 4 is 15.5 Å². The van der Waals surface area contributed by atoms with E-state index >= 15 is 0 Å². The molecule has 0 aromatic carbocycles. The van der Waals surface area contributed by atoms with Gasteiger partial charge in [0.15, 0.2) is 5.65 Å². The lowest BCUT2D eigenvalue weighted by atomic mass is 10.6. The zero-order chi connectivity index (χ0) is 13.9. The number of nitrogens with one attached hydrogen (secondary N) is 1. The van der Waals surface area contributed by atoms with Crippen LogP contribution >= 0.6 is 0 Å². The van der Waals surface area contributed by atoms with Gasteiger partial charge in [-0.15, -0.1) is 5.10 Å². The van der Waals surface area contributed by atoms with Gasteiger partial charge in [-0.3, -0.25) is 4.98 Å². The van der Waals surface area contributed by atoms with E-state index in [1.54, 1.807) is 6.20 Å². The summed E-state index contributed by atoms with van der Waals surface area (Å²) in [6.07, 6.45) is 5.77. The highest BCUT2D eigenvalue weighted by molar-refractivity contribution is 7.90. The third-order valence-electron chi connectivity index (χ3n) is 2.54. The van der Waals surface area contributed by atoms with Crippen LogP contribution in [0.15, 0.2) is 23.4 Å². The van der Waals surface area contributed by atoms with Crippen molar-refractivity contribution in [1.29, 1.82) is 0 Å². The molecule has 0 saturated heterocycles. The maximum Gasteiger partial charge on any atom is 0.350 e. The molecule has 19 heavy (non-hydrogen) atoms. The largest absolute Gasteiger partial charge is 0.350 e. The quantitative estimate of drug-likeness (QED) is 0.650. The van der Waals surface area contributed by atoms with Gasteiger partial charge in [0.05, 0.1) is 18.5 Å². The molecule has 2 rings (SSSR count). The number of aromatic nitrogens is 4. The van der Waals surface area contributed by atoms with Gasteiger partial charge in [-0.25, -0.2) is 22.3 Å². The topological polar surface area (TPSA) is 98.4 Å². The molecule has 8 nitrogen and oxygen atoms in total. The highest BCUT2D eigenvalue weighted by atomic mass is 32.2. The predicted molar refractivity (Wildman–Crippen MR) is 69.8 cm³/mol. The van der Waals surface area contributed by atoms with Crippen LogP contribution in [0.25, 0.3) is 5.65 Å². The molecule has 2 heterocycles. The first-order chi connectivity index (χ1) is 8.97. The fraction of sp³-hybridized carbons (Fsp3) is 0.500. The number of rotatable bonds is 6. The normalized spacial score (nSPS) is 12.1. The molecule has 0 radical (unpaired) electrons. The molecule has 0 fully saturated rings. The van der Waals surface area contributed by atoms with E-state index in [9.17, 15) is 13.2 Å². The second kappa shape index (κ2) is 5.49. The van der Waals surface area contributed by atoms with Crippen LogP contribution in [0.2, 0.25) is 0 Å². The maximum absolute atomic E-state index is 11.9. The van der Waals surface area contributed by atoms with Crippen molar-refractivity contribution in [3.8, 4) is 0 Å². The fourth-order valence-electron chi connectivity index (χ4n) is 1.59. The highest BCUT2D eigenvalue weighted by Crippen LogP contribution is 1.91. The van der Waals surface area contributed by atoms with E-state index in [2.05, 4.69) is 15.4 Å². The van der Waals surface area contributed by atoms with Crippen molar-refractivity contribution in [3.63, 3.8) is 0 Å². The van der Waals surface area contributed by atoms with Gasteiger partial charge in [0.1, 0.15) is 9.84 Å². The third-order valence-corrected chi connectivity index (χ3v) is 3.48. The molecule has 0 spiro atoms. The summed E-state index contributed by atoms with van der Waals surface area (Å²) in [6.45, 7) is 1.22. The Hall–Kier alpha value is -1.74. The Morgan fingerprint density at radius 1 is 1.37 bits per heavy atom. The lowest BCUT2D eigenvalue weighted by molar-refractivity contribution is 0.547. The second-order valence-electron chi connectivity index (χ2n) is 4.19. The zero-order valence-electron chi connectivity index (χ0n) is 10.5. The lowest BCUT2D eigenvalue weighted by Crippen LogP contribution is -2.30. The molecule has 9 heteroatoms. The average Bonchev–Trinajstić information content (AvgIpc) is 2.65. The first-order valence-electron chi connectivity index (χ1n) is 5.75. The summed E-state index contributed by atoms with van der Waals surface area (Å²) >= 11 is 0. The van der Waals surface area contributed by atoms with E-state index < -0.39 is 9.84 Å². The number of nitrogens with zero attached hydrogens (tertiary/aromatic N) is 4. The summed E-state index contributed by atoms with van der Waals surface area (Å²) in [5.41, 5.74) is 0.256. The van der Waals surface area contributed by atoms with Gasteiger partial charge in [0.25, 0.3) is 0 Å². The summed E-state index contributed by atoms with van der Waals surface area (Å²) in [5, 5.41) is 7.06. The summed E-state index contributed by atoms with van der Waals surface area (Å²) in [4.78, 5) is 15.7. The Labute approximate surface area is 110 Å². The van der Waals surface area contributed by atoms with E-state index in [0.29, 0.717) is 25.3 Å². The molecule has 0 atom stereocenters. The van der Waals surface area contributed by atoms with Crippen molar-refractivity contribution in [3.05, 3.63) is 29.1 Å². The van der Waals surface area contributed by atoms with Crippen LogP contribution in [0.4, 0.5) is 0 Å². The van der Waals surface area contributed by atoms with Crippen molar-refractivity contribution < 1.29 is 8.42 Å². The minimum absolute atomic E-state index is 0.0803. The second-order valence-corrected chi connectivity index (χ2v) is 6.45. The van der Waals surface area contributed by atoms with E-state index in [1.165, 1.54) is 27.7 Å². The Balaban J connectivity index is 1.92. The van der Waals surface area contributed by atoms with E-state index in [-0.39, 0.29) is 11.4 Å². The molecule has 1 N–H and O–H groups in total. The van der Waals surface area contributed by atoms with Crippen molar-refractivity contribution in [1.82, 2.24) is 24.5 Å². The first-order valence-corrected chi connectivity index (χ1v) is 7.81. The Kier molecular flexibility index (Phi) is 3.96. The van der Waals surface area contributed by atoms with Gasteiger partial charge < -0.3 is 5.32 Å². The Bertz CT molecular complexity index is 718. The molecule has 0 aliphatic rings. The smallest absolute Gasteiger partial charge is 0.314 e. The van der Waals surface area contributed by atoms with Gasteiger partial charge in [-0.2, -0.15) is 0 Å². The number of sulfone groups is 1. The summed E-state index contributed by atoms with van der Waals surface area (Å²) in [5.74, 6) is 0.0803. The predicted octanol–water partition coefficient (Wildman–Crippen LogP) is -1.47. The molecule has 0 aliphatic carbocycles. The van der Waals surface area contributed by atoms with Gasteiger partial charge in [0.2, 0.25) is 0 Å². The third kappa shape index (κ3) is 3.61. The van der Waals surface area contributed by atoms with Gasteiger partial charge in [-0.05, 0) is 0 Å². The molecule has 2 aromatic heterocycles. The standard InChI is InChI=1S/C10H15N5O3S/c1-19(17,18)7-4-11-3-6-15-10(16)14-5-2-12-8-9(14)13-15/h2,5,8,11H,3-4,6-7H2,1H3. The number of hydrogen-bond donors (Lipinski definition) is 1. The number of hydrogen-bond acceptors (Lipinski definition) is 6. The van der Waals surface area contributed by atoms with Crippen molar-refractivity contribution in [2.24, 2.45) is 0 Å². The number of fused-ring (bicyclic) bond motifs is 1. The van der Waals surface area contributed by atoms with Crippen LogP contribution in [0.1, 0.15) is 0 Å². The molecular formula is C10H15N5O3S. The highest BCUT2D eigenvalue weighted by Gasteiger charge is 2.06. The maximum atomic E-state index is 11.9. The molecule has 0 amide bonds. The SMILES string of the molecule is CS(=O)(=O)CCNCCn1nc2cnccn2c1=O. The van der Waals surface area contributed by atoms with E-state index in [1.807, 2.05) is 0 Å². The van der Waals surface area contributed by atoms with Crippen LogP contribution < -0.4 is 11.0 Å². The first kappa shape index (κ1) is 13.7. The molecular weight excluding hydrogens is 270 g/mol. The van der Waals surface area contributed by atoms with Crippen LogP contribution in [0.5, 0.6) is 0 Å². The lowest BCUT2D eigenvalue weighted by Gasteiger charge is -2.02. The Morgan fingerprint density at radius 2 is 2.16 bits per heavy atom. The minimum Gasteiger partial charge on any atom is -0.314 e. The van der Waals surface area contributed by atoms with Crippen molar-refractivity contribution in [2.75, 3.05) is 25.1 Å². The van der Waals surface area contributed by atoms with Crippen LogP contribution in [-0.4, -0.2) is 52.7 Å². The molecule has 0 bridgehead atoms. The minimum atomic E-state index is -2.96. The molecule has 0 aliphatic heterocycles. The molecule has 0 unspecified atom stereocenters. The van der Waals surface area contributed by atoms with Crippen LogP contribution in [0, 0.1) is 0 Å². The molecule has 2 aromatic rings. The van der Waals surface area contributed by atoms with E-state index in [4.69, 9.17) is 0 Å². The summed E-state index contributed by atoms with van der Waals surface area (Å²) in [7, 11) is -2.96. The zero-order valence-corrected chi connectivity index (χ0v) is 11.3. The molecule has 104 valence electrons. The fourth-order valence-corrected chi connectivity index (χ4v) is 2.11. The van der Waals surface area contributed by atoms with Gasteiger partial charge in [-0.1, -0.05) is 0 Å². The monoisotopic (exact) mass is 285 g/mol. The van der Waals surface area contributed by atoms with Gasteiger partial charge >= 0.3 is 5.69 Å². The molecule has 0 saturated carbocycles. The average molecular weight is 285 g/mol. The van der Waals surface area contributed by atoms with E-state index in [0.717, 1.165) is 0 Å². The van der Waals surface area contributed by atoms with Crippen LogP contribution in [-0.2, 0) is 16.4 Å². The summed E-state index contributed by atoms with van der Waals surface area (Å²) < 4.78 is 24.6. The van der Waals surface area contributed by atoms with Crippen LogP contribution in [0.3, 0.4) is 0 Å². The van der Waals surface area contributed by atoms with Crippen molar-refractivity contribution in [2.45, 2.75) is 6.54 Å². The van der Waals surface area contributed by atoms with Gasteiger partial charge in [0, 0.05) is 31.7 Å². The summed E-state index contributed by atoms with van der Waals surface area (Å²) in [6, 6.07) is 0. The Morgan fingerprint density at radius 3 is 2.84 bits per heavy atom.